The molecule has 1 N–H and O–H groups in total. The van der Waals surface area contributed by atoms with E-state index in [1.54, 1.807) is 35.2 Å². The van der Waals surface area contributed by atoms with Crippen molar-refractivity contribution in [2.75, 3.05) is 32.8 Å². The van der Waals surface area contributed by atoms with E-state index in [0.29, 0.717) is 0 Å². The van der Waals surface area contributed by atoms with Crippen molar-refractivity contribution in [3.05, 3.63) is 203 Å². The Balaban J connectivity index is 0.000000858. The number of hydrogen-bond donors (Lipinski definition) is 1. The van der Waals surface area contributed by atoms with Gasteiger partial charge in [0.15, 0.2) is 12.4 Å². The van der Waals surface area contributed by atoms with Crippen LogP contribution in [0, 0.1) is 0 Å². The maximum atomic E-state index is 14.0. The van der Waals surface area contributed by atoms with Crippen LogP contribution >= 0.6 is 7.82 Å². The highest BCUT2D eigenvalue weighted by molar-refractivity contribution is 7.45. The van der Waals surface area contributed by atoms with E-state index in [2.05, 4.69) is 20.8 Å². The molecule has 12 heteroatoms. The first-order valence-electron chi connectivity index (χ1n) is 22.8. The van der Waals surface area contributed by atoms with Crippen LogP contribution in [0.15, 0.2) is 170 Å². The van der Waals surface area contributed by atoms with Gasteiger partial charge in [-0.15, -0.1) is 0 Å². The van der Waals surface area contributed by atoms with Crippen LogP contribution in [0.25, 0.3) is 11.1 Å². The third-order valence-electron chi connectivity index (χ3n) is 11.9. The number of ether oxygens (including phenoxy) is 5. The molecule has 0 saturated carbocycles. The smallest absolute Gasteiger partial charge is 0.338 e. The molecular formula is C54H60NO10P. The fourth-order valence-corrected chi connectivity index (χ4v) is 9.11. The third-order valence-corrected chi connectivity index (χ3v) is 12.8. The third kappa shape index (κ3) is 13.2. The van der Waals surface area contributed by atoms with Crippen LogP contribution in [-0.4, -0.2) is 69.5 Å². The van der Waals surface area contributed by atoms with E-state index in [1.807, 2.05) is 140 Å². The maximum absolute atomic E-state index is 14.0. The summed E-state index contributed by atoms with van der Waals surface area (Å²) in [6.45, 7) is 10.6. The lowest BCUT2D eigenvalue weighted by Crippen LogP contribution is -3.11. The van der Waals surface area contributed by atoms with Crippen molar-refractivity contribution in [1.82, 2.24) is 0 Å². The predicted octanol–water partition coefficient (Wildman–Crippen LogP) is 8.57. The molecule has 1 heterocycles. The van der Waals surface area contributed by atoms with Crippen LogP contribution in [-0.2, 0) is 57.1 Å². The minimum Gasteiger partial charge on any atom is -0.756 e. The minimum absolute atomic E-state index is 0.00828. The quantitative estimate of drug-likeness (QED) is 0.0588. The summed E-state index contributed by atoms with van der Waals surface area (Å²) in [5, 5.41) is 0. The number of phosphoric ester groups is 1. The van der Waals surface area contributed by atoms with Crippen LogP contribution in [0.2, 0.25) is 0 Å². The molecule has 6 aromatic carbocycles. The summed E-state index contributed by atoms with van der Waals surface area (Å²) in [5.41, 5.74) is 6.79. The first-order valence-corrected chi connectivity index (χ1v) is 24.2. The Morgan fingerprint density at radius 2 is 1.03 bits per heavy atom. The Hall–Kier alpha value is -5.30. The van der Waals surface area contributed by atoms with Gasteiger partial charge in [0.25, 0.3) is 7.82 Å². The zero-order valence-corrected chi connectivity index (χ0v) is 38.7. The molecule has 0 radical (unpaired) electrons. The Morgan fingerprint density at radius 3 is 1.53 bits per heavy atom. The second-order valence-corrected chi connectivity index (χ2v) is 17.6. The Morgan fingerprint density at radius 1 is 0.576 bits per heavy atom. The van der Waals surface area contributed by atoms with Crippen molar-refractivity contribution < 1.29 is 51.9 Å². The molecular weight excluding hydrogens is 854 g/mol. The minimum atomic E-state index is -5.15. The van der Waals surface area contributed by atoms with Gasteiger partial charge in [0.2, 0.25) is 0 Å². The molecule has 1 aliphatic heterocycles. The van der Waals surface area contributed by atoms with Crippen molar-refractivity contribution in [2.45, 2.75) is 77.2 Å². The summed E-state index contributed by atoms with van der Waals surface area (Å²) in [6.07, 6.45) is -6.19. The van der Waals surface area contributed by atoms with E-state index in [-0.39, 0.29) is 44.5 Å². The van der Waals surface area contributed by atoms with Gasteiger partial charge in [-0.3, -0.25) is 9.09 Å². The van der Waals surface area contributed by atoms with Crippen molar-refractivity contribution in [3.8, 4) is 11.1 Å². The molecule has 1 fully saturated rings. The standard InChI is InChI=1S/C48H45O10P.C6H15N/c49-47(37-23-11-4-12-24-37)57-45-44(53-30-35-19-7-2-8-20-35)43(33-52-29-34-17-5-1-6-18-34)56-48(46(45)54-31-36-21-9-3-10-22-36)58-59(50,51)55-32-42-40-27-15-13-25-38(40)39-26-14-16-28-41(39)42;1-4-7(5-2)6-3/h1-28,42-46,48H,29-33H2,(H,50,51);4-6H2,1-3H3/t43-,44-,45+,46-,48?;/m1./s1. The summed E-state index contributed by atoms with van der Waals surface area (Å²) < 4.78 is 57.7. The lowest BCUT2D eigenvalue weighted by atomic mass is 9.98. The summed E-state index contributed by atoms with van der Waals surface area (Å²) in [6, 6.07) is 52.7. The van der Waals surface area contributed by atoms with Crippen molar-refractivity contribution in [2.24, 2.45) is 0 Å². The van der Waals surface area contributed by atoms with Gasteiger partial charge in [-0.2, -0.15) is 0 Å². The van der Waals surface area contributed by atoms with E-state index in [4.69, 9.17) is 32.7 Å². The van der Waals surface area contributed by atoms with E-state index in [1.165, 1.54) is 19.6 Å². The van der Waals surface area contributed by atoms with Gasteiger partial charge in [0, 0.05) is 5.92 Å². The van der Waals surface area contributed by atoms with Gasteiger partial charge in [-0.1, -0.05) is 158 Å². The van der Waals surface area contributed by atoms with Crippen molar-refractivity contribution in [1.29, 1.82) is 0 Å². The number of benzene rings is 6. The fourth-order valence-electron chi connectivity index (χ4n) is 8.29. The first kappa shape index (κ1) is 48.6. The molecule has 0 aromatic heterocycles. The van der Waals surface area contributed by atoms with Gasteiger partial charge >= 0.3 is 5.97 Å². The highest BCUT2D eigenvalue weighted by Gasteiger charge is 2.52. The zero-order chi connectivity index (χ0) is 46.1. The molecule has 0 bridgehead atoms. The molecule has 6 aromatic rings. The topological polar surface area (TPSA) is 126 Å². The second kappa shape index (κ2) is 24.5. The normalized spacial score (nSPS) is 19.8. The Kier molecular flexibility index (Phi) is 18.0. The number of carbonyl (C=O) groups is 1. The van der Waals surface area contributed by atoms with Gasteiger partial charge in [-0.05, 0) is 71.8 Å². The van der Waals surface area contributed by atoms with Crippen LogP contribution in [0.4, 0.5) is 0 Å². The molecule has 11 nitrogen and oxygen atoms in total. The fraction of sp³-hybridized carbons (Fsp3) is 0.315. The molecule has 0 amide bonds. The molecule has 1 aliphatic carbocycles. The van der Waals surface area contributed by atoms with Gasteiger partial charge < -0.3 is 38.0 Å². The van der Waals surface area contributed by atoms with E-state index in [9.17, 15) is 14.3 Å². The Bertz CT molecular complexity index is 2370. The number of carbonyl (C=O) groups excluding carboxylic acids is 1. The SMILES string of the molecule is CC[NH+](CC)CC.O=C(O[C@H]1[C@H](OCc2ccccc2)[C@@H](COCc2ccccc2)OC(OP(=O)([O-])OCC2c3ccccc3-c3ccccc32)[C@@H]1OCc1ccccc1)c1ccccc1. The van der Waals surface area contributed by atoms with Gasteiger partial charge in [-0.25, -0.2) is 4.79 Å². The molecule has 8 rings (SSSR count). The number of nitrogens with one attached hydrogen (secondary N) is 1. The highest BCUT2D eigenvalue weighted by Crippen LogP contribution is 2.49. The van der Waals surface area contributed by atoms with E-state index < -0.39 is 44.5 Å². The van der Waals surface area contributed by atoms with Gasteiger partial charge in [0.1, 0.15) is 18.3 Å². The molecule has 1 saturated heterocycles. The van der Waals surface area contributed by atoms with Crippen molar-refractivity contribution >= 4 is 13.8 Å². The summed E-state index contributed by atoms with van der Waals surface area (Å²) in [7, 11) is -5.15. The average molecular weight is 914 g/mol. The predicted molar refractivity (Wildman–Crippen MR) is 251 cm³/mol. The molecule has 346 valence electrons. The number of quaternary nitrogens is 1. The second-order valence-electron chi connectivity index (χ2n) is 16.2. The number of phosphoric acid groups is 1. The molecule has 6 atom stereocenters. The molecule has 2 unspecified atom stereocenters. The number of hydrogen-bond acceptors (Lipinski definition) is 10. The lowest BCUT2D eigenvalue weighted by Gasteiger charge is -2.46. The van der Waals surface area contributed by atoms with Crippen LogP contribution in [0.3, 0.4) is 0 Å². The monoisotopic (exact) mass is 913 g/mol. The summed E-state index contributed by atoms with van der Waals surface area (Å²) >= 11 is 0. The molecule has 2 aliphatic rings. The summed E-state index contributed by atoms with van der Waals surface area (Å²) in [5.74, 6) is -1.03. The van der Waals surface area contributed by atoms with Crippen LogP contribution in [0.5, 0.6) is 0 Å². The van der Waals surface area contributed by atoms with E-state index in [0.717, 1.165) is 38.9 Å². The maximum Gasteiger partial charge on any atom is 0.338 e. The largest absolute Gasteiger partial charge is 0.756 e. The lowest BCUT2D eigenvalue weighted by molar-refractivity contribution is -0.894. The number of fused-ring (bicyclic) bond motifs is 3. The Labute approximate surface area is 388 Å². The van der Waals surface area contributed by atoms with Crippen LogP contribution in [0.1, 0.15) is 64.9 Å². The van der Waals surface area contributed by atoms with Crippen molar-refractivity contribution in [3.63, 3.8) is 0 Å². The average Bonchev–Trinajstić information content (AvgIpc) is 3.68. The number of rotatable bonds is 20. The summed E-state index contributed by atoms with van der Waals surface area (Å²) in [4.78, 5) is 29.6. The zero-order valence-electron chi connectivity index (χ0n) is 37.8. The molecule has 66 heavy (non-hydrogen) atoms. The first-order chi connectivity index (χ1) is 32.3. The number of esters is 1. The van der Waals surface area contributed by atoms with Crippen LogP contribution < -0.4 is 9.79 Å². The highest BCUT2D eigenvalue weighted by atomic mass is 31.2. The van der Waals surface area contributed by atoms with E-state index >= 15 is 0 Å². The molecule has 0 spiro atoms. The van der Waals surface area contributed by atoms with Gasteiger partial charge in [0.05, 0.1) is 58.2 Å².